The first-order valence-corrected chi connectivity index (χ1v) is 9.77. The summed E-state index contributed by atoms with van der Waals surface area (Å²) < 4.78 is 10.9. The third-order valence-corrected chi connectivity index (χ3v) is 4.76. The highest BCUT2D eigenvalue weighted by atomic mass is 16.6. The van der Waals surface area contributed by atoms with Gasteiger partial charge in [-0.1, -0.05) is 53.7 Å². The van der Waals surface area contributed by atoms with Crippen LogP contribution in [0.5, 0.6) is 0 Å². The highest BCUT2D eigenvalue weighted by Crippen LogP contribution is 2.22. The quantitative estimate of drug-likeness (QED) is 0.414. The average Bonchev–Trinajstić information content (AvgIpc) is 3.30. The maximum atomic E-state index is 12.8. The predicted molar refractivity (Wildman–Crippen MR) is 112 cm³/mol. The summed E-state index contributed by atoms with van der Waals surface area (Å²) in [5, 5.41) is 3.95. The second-order valence-corrected chi connectivity index (χ2v) is 6.89. The standard InChI is InChI=1S/C24H21N3O3/c1-17(23-26-22(27-30-23)20-11-7-15-25-16-20)29-24(28)21-12-6-5-10-19(21)14-13-18-8-3-2-4-9-18/h2-12,15-17H,13-14H2,1H3. The van der Waals surface area contributed by atoms with Gasteiger partial charge in [0.15, 0.2) is 6.10 Å². The van der Waals surface area contributed by atoms with Gasteiger partial charge >= 0.3 is 5.97 Å². The Bertz CT molecular complexity index is 1110. The number of carbonyl (C=O) groups is 1. The van der Waals surface area contributed by atoms with Gasteiger partial charge in [-0.25, -0.2) is 4.79 Å². The van der Waals surface area contributed by atoms with Gasteiger partial charge in [-0.3, -0.25) is 4.98 Å². The van der Waals surface area contributed by atoms with Crippen molar-refractivity contribution >= 4 is 5.97 Å². The Kier molecular flexibility index (Phi) is 5.94. The maximum absolute atomic E-state index is 12.8. The van der Waals surface area contributed by atoms with Gasteiger partial charge in [-0.15, -0.1) is 0 Å². The van der Waals surface area contributed by atoms with E-state index in [-0.39, 0.29) is 5.89 Å². The summed E-state index contributed by atoms with van der Waals surface area (Å²) in [4.78, 5) is 21.2. The first-order chi connectivity index (χ1) is 14.7. The van der Waals surface area contributed by atoms with E-state index in [0.717, 1.165) is 24.0 Å². The minimum absolute atomic E-state index is 0.240. The highest BCUT2D eigenvalue weighted by Gasteiger charge is 2.21. The minimum atomic E-state index is -0.669. The van der Waals surface area contributed by atoms with Gasteiger partial charge in [-0.05, 0) is 49.1 Å². The van der Waals surface area contributed by atoms with E-state index in [1.165, 1.54) is 5.56 Å². The fraction of sp³-hybridized carbons (Fsp3) is 0.167. The lowest BCUT2D eigenvalue weighted by atomic mass is 10.00. The number of carbonyl (C=O) groups excluding carboxylic acids is 1. The number of rotatable bonds is 7. The van der Waals surface area contributed by atoms with E-state index in [4.69, 9.17) is 9.26 Å². The van der Waals surface area contributed by atoms with E-state index in [0.29, 0.717) is 11.4 Å². The van der Waals surface area contributed by atoms with Crippen LogP contribution in [0.25, 0.3) is 11.4 Å². The molecule has 6 heteroatoms. The zero-order valence-electron chi connectivity index (χ0n) is 16.6. The molecule has 0 radical (unpaired) electrons. The molecule has 0 aliphatic rings. The summed E-state index contributed by atoms with van der Waals surface area (Å²) in [5.74, 6) is 0.237. The molecular weight excluding hydrogens is 378 g/mol. The summed E-state index contributed by atoms with van der Waals surface area (Å²) in [6, 6.07) is 21.3. The van der Waals surface area contributed by atoms with Crippen LogP contribution in [0.3, 0.4) is 0 Å². The number of aromatic nitrogens is 3. The van der Waals surface area contributed by atoms with E-state index in [9.17, 15) is 4.79 Å². The summed E-state index contributed by atoms with van der Waals surface area (Å²) in [6.07, 6.45) is 4.24. The molecule has 6 nitrogen and oxygen atoms in total. The van der Waals surface area contributed by atoms with Crippen molar-refractivity contribution in [1.29, 1.82) is 0 Å². The van der Waals surface area contributed by atoms with Crippen LogP contribution >= 0.6 is 0 Å². The molecule has 0 amide bonds. The molecule has 4 aromatic rings. The Balaban J connectivity index is 1.44. The molecule has 4 rings (SSSR count). The van der Waals surface area contributed by atoms with Crippen LogP contribution in [0, 0.1) is 0 Å². The van der Waals surface area contributed by atoms with Gasteiger partial charge in [0.1, 0.15) is 0 Å². The Hall–Kier alpha value is -3.80. The molecule has 2 aromatic heterocycles. The molecule has 1 atom stereocenters. The van der Waals surface area contributed by atoms with Crippen LogP contribution in [0.15, 0.2) is 83.6 Å². The Morgan fingerprint density at radius 1 is 1.00 bits per heavy atom. The molecule has 0 spiro atoms. The van der Waals surface area contributed by atoms with E-state index < -0.39 is 12.1 Å². The van der Waals surface area contributed by atoms with Crippen LogP contribution in [0.4, 0.5) is 0 Å². The molecule has 2 aromatic carbocycles. The lowest BCUT2D eigenvalue weighted by Crippen LogP contribution is -2.12. The van der Waals surface area contributed by atoms with Gasteiger partial charge in [0.25, 0.3) is 5.89 Å². The first kappa shape index (κ1) is 19.5. The van der Waals surface area contributed by atoms with Crippen molar-refractivity contribution in [1.82, 2.24) is 15.1 Å². The number of ether oxygens (including phenoxy) is 1. The van der Waals surface area contributed by atoms with Crippen LogP contribution in [0.1, 0.15) is 40.4 Å². The van der Waals surface area contributed by atoms with Crippen LogP contribution in [-0.4, -0.2) is 21.1 Å². The van der Waals surface area contributed by atoms with E-state index in [1.54, 1.807) is 31.5 Å². The summed E-state index contributed by atoms with van der Waals surface area (Å²) in [5.41, 5.74) is 3.45. The molecule has 0 saturated carbocycles. The number of benzene rings is 2. The Morgan fingerprint density at radius 3 is 2.60 bits per heavy atom. The van der Waals surface area contributed by atoms with E-state index in [2.05, 4.69) is 27.3 Å². The van der Waals surface area contributed by atoms with Gasteiger partial charge in [0.05, 0.1) is 5.56 Å². The normalized spacial score (nSPS) is 11.8. The third-order valence-electron chi connectivity index (χ3n) is 4.76. The van der Waals surface area contributed by atoms with E-state index in [1.807, 2.05) is 42.5 Å². The molecular formula is C24H21N3O3. The molecule has 0 aliphatic carbocycles. The SMILES string of the molecule is CC(OC(=O)c1ccccc1CCc1ccccc1)c1nc(-c2cccnc2)no1. The molecule has 0 aliphatic heterocycles. The van der Waals surface area contributed by atoms with Crippen LogP contribution in [-0.2, 0) is 17.6 Å². The minimum Gasteiger partial charge on any atom is -0.449 e. The third kappa shape index (κ3) is 4.60. The molecule has 0 N–H and O–H groups in total. The smallest absolute Gasteiger partial charge is 0.339 e. The number of esters is 1. The number of hydrogen-bond donors (Lipinski definition) is 0. The van der Waals surface area contributed by atoms with Crippen LogP contribution in [0.2, 0.25) is 0 Å². The first-order valence-electron chi connectivity index (χ1n) is 9.77. The zero-order chi connectivity index (χ0) is 20.8. The molecule has 150 valence electrons. The summed E-state index contributed by atoms with van der Waals surface area (Å²) >= 11 is 0. The van der Waals surface area contributed by atoms with Gasteiger partial charge in [-0.2, -0.15) is 4.98 Å². The largest absolute Gasteiger partial charge is 0.449 e. The molecule has 30 heavy (non-hydrogen) atoms. The van der Waals surface area contributed by atoms with Crippen molar-refractivity contribution in [3.8, 4) is 11.4 Å². The second-order valence-electron chi connectivity index (χ2n) is 6.89. The van der Waals surface area contributed by atoms with Gasteiger partial charge in [0.2, 0.25) is 5.82 Å². The fourth-order valence-corrected chi connectivity index (χ4v) is 3.15. The van der Waals surface area contributed by atoms with Crippen molar-refractivity contribution in [2.45, 2.75) is 25.9 Å². The summed E-state index contributed by atoms with van der Waals surface area (Å²) in [7, 11) is 0. The topological polar surface area (TPSA) is 78.1 Å². The zero-order valence-corrected chi connectivity index (χ0v) is 16.6. The number of aryl methyl sites for hydroxylation is 2. The lowest BCUT2D eigenvalue weighted by molar-refractivity contribution is 0.0264. The van der Waals surface area contributed by atoms with Crippen molar-refractivity contribution in [3.05, 3.63) is 102 Å². The van der Waals surface area contributed by atoms with Gasteiger partial charge in [0, 0.05) is 18.0 Å². The van der Waals surface area contributed by atoms with Crippen molar-refractivity contribution in [2.75, 3.05) is 0 Å². The molecule has 0 saturated heterocycles. The van der Waals surface area contributed by atoms with E-state index >= 15 is 0 Å². The maximum Gasteiger partial charge on any atom is 0.339 e. The predicted octanol–water partition coefficient (Wildman–Crippen LogP) is 4.83. The second kappa shape index (κ2) is 9.13. The Labute approximate surface area is 174 Å². The van der Waals surface area contributed by atoms with Crippen molar-refractivity contribution in [3.63, 3.8) is 0 Å². The van der Waals surface area contributed by atoms with Crippen molar-refractivity contribution in [2.24, 2.45) is 0 Å². The fourth-order valence-electron chi connectivity index (χ4n) is 3.15. The molecule has 0 bridgehead atoms. The highest BCUT2D eigenvalue weighted by molar-refractivity contribution is 5.91. The van der Waals surface area contributed by atoms with Crippen LogP contribution < -0.4 is 0 Å². The Morgan fingerprint density at radius 2 is 1.80 bits per heavy atom. The van der Waals surface area contributed by atoms with Crippen molar-refractivity contribution < 1.29 is 14.1 Å². The lowest BCUT2D eigenvalue weighted by Gasteiger charge is -2.12. The average molecular weight is 399 g/mol. The molecule has 0 fully saturated rings. The molecule has 1 unspecified atom stereocenters. The number of pyridine rings is 1. The summed E-state index contributed by atoms with van der Waals surface area (Å²) in [6.45, 7) is 1.71. The monoisotopic (exact) mass is 399 g/mol. The molecule has 2 heterocycles. The number of nitrogens with zero attached hydrogens (tertiary/aromatic N) is 3. The van der Waals surface area contributed by atoms with Gasteiger partial charge < -0.3 is 9.26 Å². The number of hydrogen-bond acceptors (Lipinski definition) is 6.